The highest BCUT2D eigenvalue weighted by molar-refractivity contribution is 5.87. The number of hydrogen-bond donors (Lipinski definition) is 1. The Hall–Kier alpha value is -2.53. The lowest BCUT2D eigenvalue weighted by molar-refractivity contribution is -0.0295. The van der Waals surface area contributed by atoms with Crippen LogP contribution in [-0.2, 0) is 11.2 Å². The van der Waals surface area contributed by atoms with Gasteiger partial charge in [0.05, 0.1) is 12.8 Å². The third kappa shape index (κ3) is 4.96. The van der Waals surface area contributed by atoms with Crippen LogP contribution >= 0.6 is 0 Å². The van der Waals surface area contributed by atoms with Crippen molar-refractivity contribution >= 4 is 11.8 Å². The van der Waals surface area contributed by atoms with Crippen LogP contribution in [0.4, 0.5) is 10.5 Å². The lowest BCUT2D eigenvalue weighted by atomic mass is 9.82. The molecule has 2 aromatic rings. The quantitative estimate of drug-likeness (QED) is 0.715. The molecule has 0 spiro atoms. The lowest BCUT2D eigenvalue weighted by Crippen LogP contribution is -2.54. The van der Waals surface area contributed by atoms with Crippen LogP contribution in [0.2, 0.25) is 0 Å². The van der Waals surface area contributed by atoms with Gasteiger partial charge in [-0.25, -0.2) is 4.79 Å². The third-order valence-corrected chi connectivity index (χ3v) is 6.45. The van der Waals surface area contributed by atoms with E-state index in [-0.39, 0.29) is 12.2 Å². The smallest absolute Gasteiger partial charge is 0.412 e. The van der Waals surface area contributed by atoms with Gasteiger partial charge >= 0.3 is 6.09 Å². The summed E-state index contributed by atoms with van der Waals surface area (Å²) in [7, 11) is 1.60. The molecule has 2 aliphatic heterocycles. The van der Waals surface area contributed by atoms with Gasteiger partial charge in [-0.1, -0.05) is 42.8 Å². The van der Waals surface area contributed by atoms with Crippen LogP contribution in [0.15, 0.2) is 48.5 Å². The second-order valence-corrected chi connectivity index (χ2v) is 8.54. The largest absolute Gasteiger partial charge is 0.495 e. The zero-order valence-corrected chi connectivity index (χ0v) is 18.0. The number of carbonyl (C=O) groups is 1. The number of anilines is 1. The molecule has 0 aliphatic carbocycles. The van der Waals surface area contributed by atoms with Crippen molar-refractivity contribution in [3.63, 3.8) is 0 Å². The minimum Gasteiger partial charge on any atom is -0.495 e. The summed E-state index contributed by atoms with van der Waals surface area (Å²) >= 11 is 0. The van der Waals surface area contributed by atoms with E-state index in [1.54, 1.807) is 7.11 Å². The number of benzene rings is 2. The van der Waals surface area contributed by atoms with Gasteiger partial charge in [0, 0.05) is 31.5 Å². The Morgan fingerprint density at radius 3 is 2.53 bits per heavy atom. The van der Waals surface area contributed by atoms with Crippen LogP contribution in [0.3, 0.4) is 0 Å². The topological polar surface area (TPSA) is 50.8 Å². The number of carbonyl (C=O) groups excluding carboxylic acids is 1. The van der Waals surface area contributed by atoms with Gasteiger partial charge in [0.15, 0.2) is 0 Å². The van der Waals surface area contributed by atoms with Crippen molar-refractivity contribution in [1.82, 2.24) is 4.90 Å². The minimum absolute atomic E-state index is 0.0240. The fourth-order valence-electron chi connectivity index (χ4n) is 5.00. The van der Waals surface area contributed by atoms with Gasteiger partial charge in [-0.15, -0.1) is 0 Å². The number of piperidine rings is 2. The maximum atomic E-state index is 12.6. The van der Waals surface area contributed by atoms with E-state index in [0.717, 1.165) is 31.4 Å². The Kier molecular flexibility index (Phi) is 6.58. The standard InChI is InChI=1S/C25H32N2O3/c1-18-11-12-24(29-2)23(15-18)26-25(28)30-22-16-20-9-6-10-21(17-22)27(20)14-13-19-7-4-3-5-8-19/h3-5,7-8,11-12,15,20-22H,6,9-10,13-14,16-17H2,1-2H3,(H,26,28). The summed E-state index contributed by atoms with van der Waals surface area (Å²) in [4.78, 5) is 15.2. The number of aryl methyl sites for hydroxylation is 1. The highest BCUT2D eigenvalue weighted by Crippen LogP contribution is 2.35. The number of methoxy groups -OCH3 is 1. The van der Waals surface area contributed by atoms with Crippen molar-refractivity contribution in [1.29, 1.82) is 0 Å². The highest BCUT2D eigenvalue weighted by atomic mass is 16.6. The van der Waals surface area contributed by atoms with Crippen molar-refractivity contribution in [2.45, 2.75) is 63.6 Å². The van der Waals surface area contributed by atoms with Gasteiger partial charge in [-0.3, -0.25) is 10.2 Å². The number of nitrogens with one attached hydrogen (secondary N) is 1. The Balaban J connectivity index is 1.34. The van der Waals surface area contributed by atoms with Crippen LogP contribution in [0.25, 0.3) is 0 Å². The Bertz CT molecular complexity index is 841. The van der Waals surface area contributed by atoms with Crippen molar-refractivity contribution in [2.75, 3.05) is 19.0 Å². The van der Waals surface area contributed by atoms with Crippen LogP contribution in [0.1, 0.15) is 43.2 Å². The predicted molar refractivity (Wildman–Crippen MR) is 119 cm³/mol. The fourth-order valence-corrected chi connectivity index (χ4v) is 5.00. The zero-order chi connectivity index (χ0) is 20.9. The molecule has 0 radical (unpaired) electrons. The molecule has 2 atom stereocenters. The van der Waals surface area contributed by atoms with E-state index >= 15 is 0 Å². The molecule has 2 bridgehead atoms. The first-order valence-corrected chi connectivity index (χ1v) is 11.0. The van der Waals surface area contributed by atoms with E-state index in [0.29, 0.717) is 23.5 Å². The summed E-state index contributed by atoms with van der Waals surface area (Å²) in [6.45, 7) is 3.07. The van der Waals surface area contributed by atoms with Crippen molar-refractivity contribution in [3.05, 3.63) is 59.7 Å². The maximum absolute atomic E-state index is 12.6. The molecular weight excluding hydrogens is 376 g/mol. The Morgan fingerprint density at radius 2 is 1.83 bits per heavy atom. The molecule has 30 heavy (non-hydrogen) atoms. The van der Waals surface area contributed by atoms with Gasteiger partial charge in [-0.05, 0) is 49.4 Å². The van der Waals surface area contributed by atoms with E-state index in [1.165, 1.54) is 24.8 Å². The minimum atomic E-state index is -0.389. The van der Waals surface area contributed by atoms with E-state index in [2.05, 4.69) is 40.5 Å². The zero-order valence-electron chi connectivity index (χ0n) is 18.0. The maximum Gasteiger partial charge on any atom is 0.412 e. The number of fused-ring (bicyclic) bond motifs is 2. The predicted octanol–water partition coefficient (Wildman–Crippen LogP) is 5.18. The summed E-state index contributed by atoms with van der Waals surface area (Å²) in [5.74, 6) is 0.644. The molecule has 2 unspecified atom stereocenters. The number of amides is 1. The summed E-state index contributed by atoms with van der Waals surface area (Å²) in [5.41, 5.74) is 3.11. The van der Waals surface area contributed by atoms with Crippen molar-refractivity contribution in [3.8, 4) is 5.75 Å². The Labute approximate surface area is 179 Å². The summed E-state index contributed by atoms with van der Waals surface area (Å²) in [5, 5.41) is 2.87. The Morgan fingerprint density at radius 1 is 1.10 bits per heavy atom. The summed E-state index contributed by atoms with van der Waals surface area (Å²) in [6, 6.07) is 17.4. The molecule has 5 nitrogen and oxygen atoms in total. The van der Waals surface area contributed by atoms with Gasteiger partial charge < -0.3 is 9.47 Å². The van der Waals surface area contributed by atoms with Crippen LogP contribution in [0.5, 0.6) is 5.75 Å². The van der Waals surface area contributed by atoms with E-state index in [9.17, 15) is 4.79 Å². The fraction of sp³-hybridized carbons (Fsp3) is 0.480. The first-order valence-electron chi connectivity index (χ1n) is 11.0. The average molecular weight is 409 g/mol. The normalized spacial score (nSPS) is 23.6. The molecule has 4 rings (SSSR count). The molecule has 2 fully saturated rings. The van der Waals surface area contributed by atoms with Crippen molar-refractivity contribution in [2.24, 2.45) is 0 Å². The van der Waals surface area contributed by atoms with Gasteiger partial charge in [-0.2, -0.15) is 0 Å². The van der Waals surface area contributed by atoms with Crippen LogP contribution in [-0.4, -0.2) is 42.8 Å². The molecule has 1 amide bonds. The molecule has 2 heterocycles. The molecule has 160 valence electrons. The summed E-state index contributed by atoms with van der Waals surface area (Å²) in [6.07, 6.45) is 6.16. The monoisotopic (exact) mass is 408 g/mol. The number of rotatable bonds is 6. The van der Waals surface area contributed by atoms with Crippen molar-refractivity contribution < 1.29 is 14.3 Å². The molecule has 1 N–H and O–H groups in total. The van der Waals surface area contributed by atoms with Gasteiger partial charge in [0.25, 0.3) is 0 Å². The SMILES string of the molecule is COc1ccc(C)cc1NC(=O)OC1CC2CCCC(C1)N2CCc1ccccc1. The van der Waals surface area contributed by atoms with E-state index < -0.39 is 0 Å². The van der Waals surface area contributed by atoms with E-state index in [4.69, 9.17) is 9.47 Å². The van der Waals surface area contributed by atoms with Crippen LogP contribution in [0, 0.1) is 6.92 Å². The lowest BCUT2D eigenvalue weighted by Gasteiger charge is -2.48. The average Bonchev–Trinajstić information content (AvgIpc) is 2.73. The molecule has 2 aromatic carbocycles. The molecular formula is C25H32N2O3. The first-order chi connectivity index (χ1) is 14.6. The number of ether oxygens (including phenoxy) is 2. The molecule has 0 saturated carbocycles. The second kappa shape index (κ2) is 9.52. The molecule has 2 aliphatic rings. The second-order valence-electron chi connectivity index (χ2n) is 8.54. The molecule has 2 saturated heterocycles. The highest BCUT2D eigenvalue weighted by Gasteiger charge is 2.39. The van der Waals surface area contributed by atoms with Crippen LogP contribution < -0.4 is 10.1 Å². The molecule has 5 heteroatoms. The van der Waals surface area contributed by atoms with Gasteiger partial charge in [0.1, 0.15) is 11.9 Å². The third-order valence-electron chi connectivity index (χ3n) is 6.45. The number of nitrogens with zero attached hydrogens (tertiary/aromatic N) is 1. The van der Waals surface area contributed by atoms with E-state index in [1.807, 2.05) is 25.1 Å². The first kappa shape index (κ1) is 20.7. The van der Waals surface area contributed by atoms with Gasteiger partial charge in [0.2, 0.25) is 0 Å². The number of hydrogen-bond acceptors (Lipinski definition) is 4. The summed E-state index contributed by atoms with van der Waals surface area (Å²) < 4.78 is 11.2. The molecule has 0 aromatic heterocycles.